The monoisotopic (exact) mass is 254 g/mol. The van der Waals surface area contributed by atoms with Crippen LogP contribution in [0.2, 0.25) is 0 Å². The Labute approximate surface area is 115 Å². The molecule has 1 aliphatic heterocycles. The first-order valence-corrected chi connectivity index (χ1v) is 7.72. The standard InChI is InChI=1S/C16H34N2/c1-7-14(13-17-15(2,3)4)18-11-8-9-16(5,6)10-12-18/h14,17H,7-13H2,1-6H3. The van der Waals surface area contributed by atoms with Crippen molar-refractivity contribution in [3.8, 4) is 0 Å². The summed E-state index contributed by atoms with van der Waals surface area (Å²) in [5.74, 6) is 0. The van der Waals surface area contributed by atoms with Gasteiger partial charge in [-0.25, -0.2) is 0 Å². The van der Waals surface area contributed by atoms with Crippen LogP contribution < -0.4 is 5.32 Å². The summed E-state index contributed by atoms with van der Waals surface area (Å²) < 4.78 is 0. The van der Waals surface area contributed by atoms with Gasteiger partial charge in [0.15, 0.2) is 0 Å². The van der Waals surface area contributed by atoms with Crippen molar-refractivity contribution in [2.75, 3.05) is 19.6 Å². The summed E-state index contributed by atoms with van der Waals surface area (Å²) in [6, 6.07) is 0.707. The number of likely N-dealkylation sites (tertiary alicyclic amines) is 1. The van der Waals surface area contributed by atoms with Gasteiger partial charge in [0.1, 0.15) is 0 Å². The van der Waals surface area contributed by atoms with Crippen LogP contribution in [0.1, 0.15) is 67.2 Å². The Balaban J connectivity index is 2.49. The Kier molecular flexibility index (Phi) is 5.67. The lowest BCUT2D eigenvalue weighted by Gasteiger charge is -2.33. The summed E-state index contributed by atoms with van der Waals surface area (Å²) in [5, 5.41) is 3.67. The van der Waals surface area contributed by atoms with Gasteiger partial charge < -0.3 is 5.32 Å². The van der Waals surface area contributed by atoms with Crippen LogP contribution in [0.25, 0.3) is 0 Å². The Bertz CT molecular complexity index is 240. The topological polar surface area (TPSA) is 15.3 Å². The van der Waals surface area contributed by atoms with Gasteiger partial charge in [-0.15, -0.1) is 0 Å². The fraction of sp³-hybridized carbons (Fsp3) is 1.00. The maximum absolute atomic E-state index is 3.67. The highest BCUT2D eigenvalue weighted by Crippen LogP contribution is 2.30. The largest absolute Gasteiger partial charge is 0.311 e. The van der Waals surface area contributed by atoms with Gasteiger partial charge in [-0.1, -0.05) is 20.8 Å². The van der Waals surface area contributed by atoms with E-state index in [0.29, 0.717) is 11.5 Å². The van der Waals surface area contributed by atoms with Gasteiger partial charge in [0.25, 0.3) is 0 Å². The number of hydrogen-bond donors (Lipinski definition) is 1. The molecule has 0 aliphatic carbocycles. The number of hydrogen-bond acceptors (Lipinski definition) is 2. The SMILES string of the molecule is CCC(CNC(C)(C)C)N1CCCC(C)(C)CC1. The fourth-order valence-corrected chi connectivity index (χ4v) is 2.76. The molecule has 1 unspecified atom stereocenters. The van der Waals surface area contributed by atoms with E-state index in [0.717, 1.165) is 6.54 Å². The zero-order valence-electron chi connectivity index (χ0n) is 13.5. The smallest absolute Gasteiger partial charge is 0.0218 e. The van der Waals surface area contributed by atoms with Crippen molar-refractivity contribution in [3.05, 3.63) is 0 Å². The van der Waals surface area contributed by atoms with Crippen molar-refractivity contribution in [1.29, 1.82) is 0 Å². The number of nitrogens with zero attached hydrogens (tertiary/aromatic N) is 1. The Morgan fingerprint density at radius 2 is 1.83 bits per heavy atom. The van der Waals surface area contributed by atoms with Gasteiger partial charge in [-0.05, 0) is 65.0 Å². The van der Waals surface area contributed by atoms with Crippen LogP contribution in [0.4, 0.5) is 0 Å². The predicted octanol–water partition coefficient (Wildman–Crippen LogP) is 3.67. The lowest BCUT2D eigenvalue weighted by molar-refractivity contribution is 0.177. The summed E-state index contributed by atoms with van der Waals surface area (Å²) in [4.78, 5) is 2.72. The normalized spacial score (nSPS) is 23.7. The highest BCUT2D eigenvalue weighted by molar-refractivity contribution is 4.82. The maximum Gasteiger partial charge on any atom is 0.0218 e. The Morgan fingerprint density at radius 1 is 1.17 bits per heavy atom. The zero-order chi connectivity index (χ0) is 13.8. The van der Waals surface area contributed by atoms with Gasteiger partial charge in [-0.3, -0.25) is 4.90 Å². The summed E-state index contributed by atoms with van der Waals surface area (Å²) >= 11 is 0. The molecule has 1 N–H and O–H groups in total. The minimum Gasteiger partial charge on any atom is -0.311 e. The second-order valence-electron chi connectivity index (χ2n) is 7.75. The van der Waals surface area contributed by atoms with Gasteiger partial charge in [0.05, 0.1) is 0 Å². The molecule has 0 aromatic carbocycles. The highest BCUT2D eigenvalue weighted by Gasteiger charge is 2.26. The lowest BCUT2D eigenvalue weighted by Crippen LogP contribution is -2.47. The van der Waals surface area contributed by atoms with Crippen molar-refractivity contribution in [2.24, 2.45) is 5.41 Å². The first kappa shape index (κ1) is 16.0. The van der Waals surface area contributed by atoms with Gasteiger partial charge in [0, 0.05) is 18.1 Å². The van der Waals surface area contributed by atoms with E-state index >= 15 is 0 Å². The predicted molar refractivity (Wildman–Crippen MR) is 81.0 cm³/mol. The second kappa shape index (κ2) is 6.38. The van der Waals surface area contributed by atoms with Crippen molar-refractivity contribution in [3.63, 3.8) is 0 Å². The Morgan fingerprint density at radius 3 is 2.39 bits per heavy atom. The molecule has 0 saturated carbocycles. The summed E-state index contributed by atoms with van der Waals surface area (Å²) in [6.45, 7) is 17.6. The Hall–Kier alpha value is -0.0800. The molecule has 0 radical (unpaired) electrons. The molecule has 18 heavy (non-hydrogen) atoms. The van der Waals surface area contributed by atoms with Crippen molar-refractivity contribution in [2.45, 2.75) is 78.8 Å². The van der Waals surface area contributed by atoms with Crippen molar-refractivity contribution >= 4 is 0 Å². The molecule has 2 heteroatoms. The molecular weight excluding hydrogens is 220 g/mol. The maximum atomic E-state index is 3.67. The van der Waals surface area contributed by atoms with Gasteiger partial charge >= 0.3 is 0 Å². The van der Waals surface area contributed by atoms with E-state index in [-0.39, 0.29) is 5.54 Å². The van der Waals surface area contributed by atoms with Crippen molar-refractivity contribution in [1.82, 2.24) is 10.2 Å². The molecule has 1 heterocycles. The first-order chi connectivity index (χ1) is 8.23. The molecule has 2 nitrogen and oxygen atoms in total. The molecule has 108 valence electrons. The molecule has 0 bridgehead atoms. The van der Waals surface area contributed by atoms with Crippen LogP contribution in [-0.2, 0) is 0 Å². The zero-order valence-corrected chi connectivity index (χ0v) is 13.5. The van der Waals surface area contributed by atoms with Crippen LogP contribution in [0.3, 0.4) is 0 Å². The molecule has 0 spiro atoms. The fourth-order valence-electron chi connectivity index (χ4n) is 2.76. The molecular formula is C16H34N2. The quantitative estimate of drug-likeness (QED) is 0.823. The lowest BCUT2D eigenvalue weighted by atomic mass is 9.85. The van der Waals surface area contributed by atoms with Crippen LogP contribution in [0.15, 0.2) is 0 Å². The molecule has 0 amide bonds. The molecule has 1 aliphatic rings. The average Bonchev–Trinajstić information content (AvgIpc) is 2.40. The third-order valence-corrected chi connectivity index (χ3v) is 4.23. The summed E-state index contributed by atoms with van der Waals surface area (Å²) in [6.07, 6.45) is 5.34. The first-order valence-electron chi connectivity index (χ1n) is 7.72. The average molecular weight is 254 g/mol. The highest BCUT2D eigenvalue weighted by atomic mass is 15.2. The van der Waals surface area contributed by atoms with Crippen LogP contribution in [0.5, 0.6) is 0 Å². The number of rotatable bonds is 4. The van der Waals surface area contributed by atoms with E-state index in [1.807, 2.05) is 0 Å². The molecule has 0 aromatic heterocycles. The van der Waals surface area contributed by atoms with E-state index in [9.17, 15) is 0 Å². The van der Waals surface area contributed by atoms with Crippen LogP contribution in [0, 0.1) is 5.41 Å². The van der Waals surface area contributed by atoms with E-state index in [2.05, 4.69) is 51.8 Å². The third-order valence-electron chi connectivity index (χ3n) is 4.23. The second-order valence-corrected chi connectivity index (χ2v) is 7.75. The van der Waals surface area contributed by atoms with Crippen LogP contribution in [-0.4, -0.2) is 36.1 Å². The summed E-state index contributed by atoms with van der Waals surface area (Å²) in [7, 11) is 0. The molecule has 0 aromatic rings. The van der Waals surface area contributed by atoms with Gasteiger partial charge in [-0.2, -0.15) is 0 Å². The van der Waals surface area contributed by atoms with E-state index in [4.69, 9.17) is 0 Å². The molecule has 1 fully saturated rings. The molecule has 1 atom stereocenters. The van der Waals surface area contributed by atoms with E-state index in [1.54, 1.807) is 0 Å². The van der Waals surface area contributed by atoms with E-state index < -0.39 is 0 Å². The minimum atomic E-state index is 0.235. The summed E-state index contributed by atoms with van der Waals surface area (Å²) in [5.41, 5.74) is 0.781. The molecule has 1 saturated heterocycles. The molecule has 1 rings (SSSR count). The minimum absolute atomic E-state index is 0.235. The van der Waals surface area contributed by atoms with Gasteiger partial charge in [0.2, 0.25) is 0 Å². The van der Waals surface area contributed by atoms with E-state index in [1.165, 1.54) is 38.8 Å². The van der Waals surface area contributed by atoms with Crippen molar-refractivity contribution < 1.29 is 0 Å². The number of nitrogens with one attached hydrogen (secondary N) is 1. The third kappa shape index (κ3) is 5.71. The van der Waals surface area contributed by atoms with Crippen LogP contribution >= 0.6 is 0 Å².